The van der Waals surface area contributed by atoms with E-state index >= 15 is 0 Å². The first kappa shape index (κ1) is 20.2. The van der Waals surface area contributed by atoms with Crippen molar-refractivity contribution in [3.05, 3.63) is 40.6 Å². The van der Waals surface area contributed by atoms with Crippen LogP contribution in [0.5, 0.6) is 0 Å². The van der Waals surface area contributed by atoms with E-state index in [-0.39, 0.29) is 23.2 Å². The van der Waals surface area contributed by atoms with E-state index in [9.17, 15) is 9.18 Å². The molecule has 31 heavy (non-hydrogen) atoms. The Balaban J connectivity index is 1.45. The molecular weight excluding hydrogens is 415 g/mol. The van der Waals surface area contributed by atoms with Gasteiger partial charge in [-0.1, -0.05) is 18.9 Å². The van der Waals surface area contributed by atoms with Gasteiger partial charge in [-0.15, -0.1) is 0 Å². The van der Waals surface area contributed by atoms with Gasteiger partial charge in [0.2, 0.25) is 5.95 Å². The van der Waals surface area contributed by atoms with Crippen molar-refractivity contribution in [2.75, 3.05) is 10.5 Å². The maximum Gasteiger partial charge on any atom is 0.278 e. The van der Waals surface area contributed by atoms with Crippen molar-refractivity contribution in [3.63, 3.8) is 0 Å². The van der Waals surface area contributed by atoms with E-state index in [4.69, 9.17) is 5.73 Å². The molecule has 2 unspecified atom stereocenters. The summed E-state index contributed by atoms with van der Waals surface area (Å²) < 4.78 is 19.6. The number of anilines is 2. The molecule has 2 aromatic heterocycles. The van der Waals surface area contributed by atoms with E-state index in [2.05, 4.69) is 19.7 Å². The zero-order chi connectivity index (χ0) is 21.7. The van der Waals surface area contributed by atoms with Crippen LogP contribution in [0.25, 0.3) is 22.4 Å². The summed E-state index contributed by atoms with van der Waals surface area (Å²) in [6.45, 7) is 3.76. The predicted molar refractivity (Wildman–Crippen MR) is 122 cm³/mol. The zero-order valence-corrected chi connectivity index (χ0v) is 18.3. The van der Waals surface area contributed by atoms with Crippen molar-refractivity contribution in [2.45, 2.75) is 50.8 Å². The smallest absolute Gasteiger partial charge is 0.278 e. The lowest BCUT2D eigenvalue weighted by molar-refractivity contribution is 0.480. The second-order valence-electron chi connectivity index (χ2n) is 8.66. The van der Waals surface area contributed by atoms with Crippen molar-refractivity contribution in [3.8, 4) is 11.3 Å². The van der Waals surface area contributed by atoms with E-state index in [0.29, 0.717) is 27.7 Å². The molecule has 7 nitrogen and oxygen atoms in total. The maximum absolute atomic E-state index is 14.9. The van der Waals surface area contributed by atoms with E-state index in [1.807, 2.05) is 13.8 Å². The van der Waals surface area contributed by atoms with Crippen LogP contribution in [-0.2, 0) is 0 Å². The number of hydrogen-bond acceptors (Lipinski definition) is 7. The van der Waals surface area contributed by atoms with Gasteiger partial charge in [-0.05, 0) is 62.6 Å². The molecule has 0 radical (unpaired) electrons. The summed E-state index contributed by atoms with van der Waals surface area (Å²) in [6, 6.07) is 4.59. The molecule has 1 aromatic carbocycles. The van der Waals surface area contributed by atoms with E-state index in [0.717, 1.165) is 11.8 Å². The average molecular weight is 441 g/mol. The van der Waals surface area contributed by atoms with Gasteiger partial charge in [0.25, 0.3) is 5.56 Å². The molecule has 3 N–H and O–H groups in total. The second-order valence-corrected chi connectivity index (χ2v) is 9.64. The standard InChI is InChI=1S/C22H25FN6OS/c1-11(2)29-20-17(10-25-22(24)27-20)26-18(21(29)30)12-7-8-16(15(23)9-12)28-31-19-13-5-3-4-6-14(13)19/h7-11,13-14,19,28H,3-6H2,1-2H3,(H2,24,25,27). The van der Waals surface area contributed by atoms with Gasteiger partial charge in [-0.3, -0.25) is 9.36 Å². The minimum atomic E-state index is -0.403. The summed E-state index contributed by atoms with van der Waals surface area (Å²) in [5.41, 5.74) is 7.19. The number of nitrogens with one attached hydrogen (secondary N) is 1. The molecule has 5 rings (SSSR count). The summed E-state index contributed by atoms with van der Waals surface area (Å²) >= 11 is 1.63. The lowest BCUT2D eigenvalue weighted by atomic mass is 10.0. The predicted octanol–water partition coefficient (Wildman–Crippen LogP) is 4.40. The van der Waals surface area contributed by atoms with Gasteiger partial charge in [0, 0.05) is 16.9 Å². The SMILES string of the molecule is CC(C)n1c(=O)c(-c2ccc(NSC3C4CCCCC43)c(F)c2)nc2cnc(N)nc21. The van der Waals surface area contributed by atoms with Crippen molar-refractivity contribution >= 4 is 34.7 Å². The van der Waals surface area contributed by atoms with Crippen LogP contribution in [0, 0.1) is 17.7 Å². The Labute approximate surface area is 183 Å². The molecular formula is C22H25FN6OS. The summed E-state index contributed by atoms with van der Waals surface area (Å²) in [6.07, 6.45) is 6.68. The first-order chi connectivity index (χ1) is 14.9. The minimum Gasteiger partial charge on any atom is -0.368 e. The quantitative estimate of drug-likeness (QED) is 0.567. The molecule has 2 aliphatic carbocycles. The average Bonchev–Trinajstić information content (AvgIpc) is 3.45. The van der Waals surface area contributed by atoms with E-state index < -0.39 is 5.82 Å². The molecule has 2 aliphatic rings. The van der Waals surface area contributed by atoms with Crippen LogP contribution in [0.2, 0.25) is 0 Å². The number of halogens is 1. The Kier molecular flexibility index (Phi) is 5.08. The second kappa shape index (κ2) is 7.78. The summed E-state index contributed by atoms with van der Waals surface area (Å²) in [7, 11) is 0. The molecule has 9 heteroatoms. The molecule has 0 saturated heterocycles. The fourth-order valence-electron chi connectivity index (χ4n) is 4.66. The molecule has 2 atom stereocenters. The summed E-state index contributed by atoms with van der Waals surface area (Å²) in [4.78, 5) is 25.7. The lowest BCUT2D eigenvalue weighted by Gasteiger charge is -2.15. The Morgan fingerprint density at radius 1 is 1.23 bits per heavy atom. The number of nitrogens with two attached hydrogens (primary N) is 1. The lowest BCUT2D eigenvalue weighted by Crippen LogP contribution is -2.26. The van der Waals surface area contributed by atoms with Gasteiger partial charge in [0.1, 0.15) is 17.0 Å². The monoisotopic (exact) mass is 440 g/mol. The molecule has 3 aromatic rings. The molecule has 2 heterocycles. The highest BCUT2D eigenvalue weighted by Gasteiger charge is 2.51. The van der Waals surface area contributed by atoms with Crippen LogP contribution in [-0.4, -0.2) is 24.8 Å². The zero-order valence-electron chi connectivity index (χ0n) is 17.5. The van der Waals surface area contributed by atoms with Crippen LogP contribution in [0.1, 0.15) is 45.6 Å². The van der Waals surface area contributed by atoms with Crippen molar-refractivity contribution < 1.29 is 4.39 Å². The van der Waals surface area contributed by atoms with E-state index in [1.54, 1.807) is 24.1 Å². The van der Waals surface area contributed by atoms with Crippen molar-refractivity contribution in [1.29, 1.82) is 0 Å². The number of aromatic nitrogens is 4. The highest BCUT2D eigenvalue weighted by atomic mass is 32.2. The normalized spacial score (nSPS) is 22.5. The largest absolute Gasteiger partial charge is 0.368 e. The summed E-state index contributed by atoms with van der Waals surface area (Å²) in [5, 5.41) is 0.578. The van der Waals surface area contributed by atoms with Gasteiger partial charge < -0.3 is 10.5 Å². The Bertz CT molecular complexity index is 1200. The van der Waals surface area contributed by atoms with Crippen LogP contribution in [0.4, 0.5) is 16.0 Å². The highest BCUT2D eigenvalue weighted by Crippen LogP contribution is 2.56. The molecule has 0 spiro atoms. The van der Waals surface area contributed by atoms with E-state index in [1.165, 1.54) is 42.5 Å². The van der Waals surface area contributed by atoms with Crippen LogP contribution >= 0.6 is 11.9 Å². The van der Waals surface area contributed by atoms with Crippen LogP contribution < -0.4 is 16.0 Å². The molecule has 2 fully saturated rings. The van der Waals surface area contributed by atoms with Gasteiger partial charge >= 0.3 is 0 Å². The Morgan fingerprint density at radius 3 is 2.65 bits per heavy atom. The number of nitrogens with zero attached hydrogens (tertiary/aromatic N) is 4. The minimum absolute atomic E-state index is 0.0744. The fraction of sp³-hybridized carbons (Fsp3) is 0.455. The van der Waals surface area contributed by atoms with Gasteiger partial charge in [0.15, 0.2) is 5.65 Å². The third kappa shape index (κ3) is 3.64. The number of hydrogen-bond donors (Lipinski definition) is 2. The van der Waals surface area contributed by atoms with Crippen molar-refractivity contribution in [1.82, 2.24) is 19.5 Å². The van der Waals surface area contributed by atoms with Crippen LogP contribution in [0.3, 0.4) is 0 Å². The first-order valence-electron chi connectivity index (χ1n) is 10.7. The Hall–Kier alpha value is -2.68. The first-order valence-corrected chi connectivity index (χ1v) is 11.6. The van der Waals surface area contributed by atoms with Gasteiger partial charge in [-0.2, -0.15) is 4.98 Å². The third-order valence-corrected chi connectivity index (χ3v) is 7.60. The highest BCUT2D eigenvalue weighted by molar-refractivity contribution is 8.01. The maximum atomic E-state index is 14.9. The number of fused-ring (bicyclic) bond motifs is 2. The molecule has 0 bridgehead atoms. The van der Waals surface area contributed by atoms with Crippen LogP contribution in [0.15, 0.2) is 29.2 Å². The molecule has 0 aliphatic heterocycles. The molecule has 162 valence electrons. The fourth-order valence-corrected chi connectivity index (χ4v) is 6.02. The van der Waals surface area contributed by atoms with Gasteiger partial charge in [0.05, 0.1) is 11.9 Å². The number of nitrogen functional groups attached to an aromatic ring is 1. The summed E-state index contributed by atoms with van der Waals surface area (Å²) in [5.74, 6) is 1.23. The molecule has 2 saturated carbocycles. The van der Waals surface area contributed by atoms with Gasteiger partial charge in [-0.25, -0.2) is 14.4 Å². The van der Waals surface area contributed by atoms with Crippen molar-refractivity contribution in [2.24, 2.45) is 11.8 Å². The number of rotatable bonds is 5. The number of benzene rings is 1. The molecule has 0 amide bonds. The Morgan fingerprint density at radius 2 is 1.97 bits per heavy atom. The topological polar surface area (TPSA) is 98.7 Å². The third-order valence-electron chi connectivity index (χ3n) is 6.29.